The Balaban J connectivity index is 2.10. The third kappa shape index (κ3) is 5.15. The van der Waals surface area contributed by atoms with Gasteiger partial charge in [0, 0.05) is 0 Å². The zero-order valence-electron chi connectivity index (χ0n) is 13.1. The Morgan fingerprint density at radius 3 is 2.42 bits per heavy atom. The molecule has 2 rings (SSSR count). The second-order valence-corrected chi connectivity index (χ2v) is 5.26. The van der Waals surface area contributed by atoms with Gasteiger partial charge >= 0.3 is 5.97 Å². The van der Waals surface area contributed by atoms with Crippen molar-refractivity contribution in [1.82, 2.24) is 5.32 Å². The van der Waals surface area contributed by atoms with E-state index in [2.05, 4.69) is 10.1 Å². The summed E-state index contributed by atoms with van der Waals surface area (Å²) in [6, 6.07) is 10.5. The Morgan fingerprint density at radius 1 is 1.08 bits per heavy atom. The van der Waals surface area contributed by atoms with E-state index in [9.17, 15) is 18.4 Å². The van der Waals surface area contributed by atoms with E-state index in [-0.39, 0.29) is 18.7 Å². The highest BCUT2D eigenvalue weighted by atomic mass is 19.1. The van der Waals surface area contributed by atoms with Crippen LogP contribution in [0.2, 0.25) is 0 Å². The summed E-state index contributed by atoms with van der Waals surface area (Å²) in [6.07, 6.45) is -0.117. The summed E-state index contributed by atoms with van der Waals surface area (Å²) in [7, 11) is 1.25. The van der Waals surface area contributed by atoms with Crippen LogP contribution < -0.4 is 5.32 Å². The number of esters is 1. The molecule has 0 aromatic heterocycles. The Hall–Kier alpha value is -2.76. The Morgan fingerprint density at radius 2 is 1.79 bits per heavy atom. The number of methoxy groups -OCH3 is 1. The fourth-order valence-electron chi connectivity index (χ4n) is 2.27. The molecule has 0 aliphatic heterocycles. The van der Waals surface area contributed by atoms with Gasteiger partial charge in [-0.2, -0.15) is 0 Å². The third-order valence-corrected chi connectivity index (χ3v) is 3.46. The number of amides is 1. The summed E-state index contributed by atoms with van der Waals surface area (Å²) in [5.41, 5.74) is 1.10. The maximum atomic E-state index is 13.2. The van der Waals surface area contributed by atoms with E-state index in [0.717, 1.165) is 0 Å². The monoisotopic (exact) mass is 333 g/mol. The molecule has 126 valence electrons. The van der Waals surface area contributed by atoms with Gasteiger partial charge in [-0.05, 0) is 35.4 Å². The van der Waals surface area contributed by atoms with Crippen LogP contribution in [0, 0.1) is 11.6 Å². The van der Waals surface area contributed by atoms with Gasteiger partial charge in [0.1, 0.15) is 11.6 Å². The quantitative estimate of drug-likeness (QED) is 0.827. The van der Waals surface area contributed by atoms with Crippen LogP contribution in [-0.4, -0.2) is 19.0 Å². The predicted octanol–water partition coefficient (Wildman–Crippen LogP) is 2.93. The van der Waals surface area contributed by atoms with Gasteiger partial charge in [0.25, 0.3) is 0 Å². The predicted molar refractivity (Wildman–Crippen MR) is 84.0 cm³/mol. The molecule has 0 aliphatic carbocycles. The summed E-state index contributed by atoms with van der Waals surface area (Å²) in [4.78, 5) is 23.7. The van der Waals surface area contributed by atoms with Crippen LogP contribution in [0.1, 0.15) is 23.6 Å². The smallest absolute Gasteiger partial charge is 0.307 e. The molecule has 0 saturated carbocycles. The Bertz CT molecular complexity index is 716. The standard InChI is InChI=1S/C18H17F2NO3/c1-24-18(23)11-16(13-5-7-14(19)8-6-13)21-17(22)10-12-3-2-4-15(20)9-12/h2-9,16H,10-11H2,1H3,(H,21,22)/t16-/m0/s1. The number of ether oxygens (including phenoxy) is 1. The van der Waals surface area contributed by atoms with E-state index in [1.807, 2.05) is 0 Å². The molecule has 0 saturated heterocycles. The van der Waals surface area contributed by atoms with Gasteiger partial charge in [-0.15, -0.1) is 0 Å². The lowest BCUT2D eigenvalue weighted by atomic mass is 10.0. The molecule has 1 amide bonds. The Labute approximate surface area is 138 Å². The van der Waals surface area contributed by atoms with E-state index in [0.29, 0.717) is 11.1 Å². The Kier molecular flexibility index (Phi) is 6.01. The molecule has 2 aromatic carbocycles. The topological polar surface area (TPSA) is 55.4 Å². The van der Waals surface area contributed by atoms with E-state index in [1.54, 1.807) is 6.07 Å². The van der Waals surface area contributed by atoms with E-state index >= 15 is 0 Å². The van der Waals surface area contributed by atoms with Crippen LogP contribution in [0.25, 0.3) is 0 Å². The van der Waals surface area contributed by atoms with Crippen LogP contribution in [0.5, 0.6) is 0 Å². The molecule has 1 atom stereocenters. The minimum atomic E-state index is -0.654. The van der Waals surface area contributed by atoms with Gasteiger partial charge in [0.15, 0.2) is 0 Å². The summed E-state index contributed by atoms with van der Waals surface area (Å²) in [5, 5.41) is 2.70. The van der Waals surface area contributed by atoms with Crippen molar-refractivity contribution in [2.75, 3.05) is 7.11 Å². The average molecular weight is 333 g/mol. The zero-order chi connectivity index (χ0) is 17.5. The lowest BCUT2D eigenvalue weighted by molar-refractivity contribution is -0.141. The number of benzene rings is 2. The van der Waals surface area contributed by atoms with Crippen molar-refractivity contribution in [3.8, 4) is 0 Å². The molecule has 6 heteroatoms. The van der Waals surface area contributed by atoms with Gasteiger partial charge in [0.2, 0.25) is 5.91 Å². The number of hydrogen-bond donors (Lipinski definition) is 1. The van der Waals surface area contributed by atoms with E-state index in [4.69, 9.17) is 0 Å². The molecule has 0 unspecified atom stereocenters. The van der Waals surface area contributed by atoms with Gasteiger partial charge in [-0.3, -0.25) is 9.59 Å². The maximum Gasteiger partial charge on any atom is 0.307 e. The van der Waals surface area contributed by atoms with Crippen LogP contribution in [0.4, 0.5) is 8.78 Å². The highest BCUT2D eigenvalue weighted by molar-refractivity contribution is 5.80. The average Bonchev–Trinajstić information content (AvgIpc) is 2.54. The minimum Gasteiger partial charge on any atom is -0.469 e. The fraction of sp³-hybridized carbons (Fsp3) is 0.222. The van der Waals surface area contributed by atoms with Crippen molar-refractivity contribution in [3.05, 3.63) is 71.3 Å². The highest BCUT2D eigenvalue weighted by Crippen LogP contribution is 2.18. The van der Waals surface area contributed by atoms with Crippen LogP contribution in [0.15, 0.2) is 48.5 Å². The first kappa shape index (κ1) is 17.6. The SMILES string of the molecule is COC(=O)C[C@H](NC(=O)Cc1cccc(F)c1)c1ccc(F)cc1. The van der Waals surface area contributed by atoms with Gasteiger partial charge < -0.3 is 10.1 Å². The number of halogens is 2. The molecule has 1 N–H and O–H groups in total. The first-order valence-electron chi connectivity index (χ1n) is 7.34. The zero-order valence-corrected chi connectivity index (χ0v) is 13.1. The second-order valence-electron chi connectivity index (χ2n) is 5.26. The molecule has 0 heterocycles. The normalized spacial score (nSPS) is 11.6. The first-order valence-corrected chi connectivity index (χ1v) is 7.34. The van der Waals surface area contributed by atoms with Crippen molar-refractivity contribution < 1.29 is 23.1 Å². The van der Waals surface area contributed by atoms with E-state index in [1.165, 1.54) is 49.6 Å². The fourth-order valence-corrected chi connectivity index (χ4v) is 2.27. The number of hydrogen-bond acceptors (Lipinski definition) is 3. The van der Waals surface area contributed by atoms with Gasteiger partial charge in [-0.1, -0.05) is 24.3 Å². The number of carbonyl (C=O) groups excluding carboxylic acids is 2. The van der Waals surface area contributed by atoms with E-state index < -0.39 is 23.6 Å². The molecule has 4 nitrogen and oxygen atoms in total. The summed E-state index contributed by atoms with van der Waals surface area (Å²) >= 11 is 0. The van der Waals surface area contributed by atoms with Crippen molar-refractivity contribution in [2.24, 2.45) is 0 Å². The van der Waals surface area contributed by atoms with Crippen LogP contribution >= 0.6 is 0 Å². The van der Waals surface area contributed by atoms with Gasteiger partial charge in [-0.25, -0.2) is 8.78 Å². The summed E-state index contributed by atoms with van der Waals surface area (Å²) < 4.78 is 30.9. The van der Waals surface area contributed by atoms with Gasteiger partial charge in [0.05, 0.1) is 26.0 Å². The molecular formula is C18H17F2NO3. The van der Waals surface area contributed by atoms with Crippen molar-refractivity contribution in [3.63, 3.8) is 0 Å². The highest BCUT2D eigenvalue weighted by Gasteiger charge is 2.19. The van der Waals surface area contributed by atoms with Crippen molar-refractivity contribution in [1.29, 1.82) is 0 Å². The summed E-state index contributed by atoms with van der Waals surface area (Å²) in [6.45, 7) is 0. The first-order chi connectivity index (χ1) is 11.5. The third-order valence-electron chi connectivity index (χ3n) is 3.46. The number of carbonyl (C=O) groups is 2. The number of rotatable bonds is 6. The lowest BCUT2D eigenvalue weighted by Gasteiger charge is -2.18. The lowest BCUT2D eigenvalue weighted by Crippen LogP contribution is -2.31. The molecule has 0 aliphatic rings. The minimum absolute atomic E-state index is 0.0311. The van der Waals surface area contributed by atoms with Crippen molar-refractivity contribution in [2.45, 2.75) is 18.9 Å². The number of nitrogens with one attached hydrogen (secondary N) is 1. The summed E-state index contributed by atoms with van der Waals surface area (Å²) in [5.74, 6) is -1.72. The largest absolute Gasteiger partial charge is 0.469 e. The molecule has 0 bridgehead atoms. The van der Waals surface area contributed by atoms with Crippen LogP contribution in [0.3, 0.4) is 0 Å². The van der Waals surface area contributed by atoms with Crippen molar-refractivity contribution >= 4 is 11.9 Å². The van der Waals surface area contributed by atoms with Crippen LogP contribution in [-0.2, 0) is 20.7 Å². The molecule has 2 aromatic rings. The molecular weight excluding hydrogens is 316 g/mol. The molecule has 0 fully saturated rings. The molecule has 24 heavy (non-hydrogen) atoms. The maximum absolute atomic E-state index is 13.2. The second kappa shape index (κ2) is 8.19. The molecule has 0 radical (unpaired) electrons. The molecule has 0 spiro atoms.